The van der Waals surface area contributed by atoms with Gasteiger partial charge in [-0.25, -0.2) is 0 Å². The van der Waals surface area contributed by atoms with Gasteiger partial charge in [-0.15, -0.1) is 11.3 Å². The van der Waals surface area contributed by atoms with E-state index in [9.17, 15) is 0 Å². The van der Waals surface area contributed by atoms with Crippen molar-refractivity contribution < 1.29 is 4.52 Å². The van der Waals surface area contributed by atoms with Gasteiger partial charge in [0.1, 0.15) is 6.04 Å². The highest BCUT2D eigenvalue weighted by molar-refractivity contribution is 7.10. The Morgan fingerprint density at radius 2 is 2.29 bits per heavy atom. The third-order valence-electron chi connectivity index (χ3n) is 5.57. The van der Waals surface area contributed by atoms with E-state index < -0.39 is 0 Å². The Bertz CT molecular complexity index is 664. The van der Waals surface area contributed by atoms with Crippen LogP contribution in [-0.2, 0) is 6.42 Å². The minimum atomic E-state index is 0.0971. The SMILES string of the molecule is c1cc2c(s1)CCNC2c1nc(C2CC3CCC2C3)no1. The zero-order valence-corrected chi connectivity index (χ0v) is 12.7. The smallest absolute Gasteiger partial charge is 0.248 e. The van der Waals surface area contributed by atoms with Crippen molar-refractivity contribution in [2.75, 3.05) is 6.54 Å². The molecule has 1 aliphatic heterocycles. The zero-order chi connectivity index (χ0) is 13.8. The first-order valence-electron chi connectivity index (χ1n) is 8.01. The van der Waals surface area contributed by atoms with E-state index in [1.165, 1.54) is 36.1 Å². The third kappa shape index (κ3) is 1.90. The molecule has 4 nitrogen and oxygen atoms in total. The molecule has 3 heterocycles. The molecule has 0 radical (unpaired) electrons. The minimum Gasteiger partial charge on any atom is -0.337 e. The van der Waals surface area contributed by atoms with E-state index in [2.05, 4.69) is 21.9 Å². The van der Waals surface area contributed by atoms with Gasteiger partial charge in [-0.05, 0) is 54.5 Å². The van der Waals surface area contributed by atoms with Crippen LogP contribution in [0.25, 0.3) is 0 Å². The van der Waals surface area contributed by atoms with Gasteiger partial charge in [0.15, 0.2) is 5.82 Å². The molecule has 0 spiro atoms. The van der Waals surface area contributed by atoms with Gasteiger partial charge in [0.05, 0.1) is 0 Å². The van der Waals surface area contributed by atoms with Crippen LogP contribution in [0.2, 0.25) is 0 Å². The molecule has 0 aromatic carbocycles. The average molecular weight is 301 g/mol. The highest BCUT2D eigenvalue weighted by Crippen LogP contribution is 2.52. The van der Waals surface area contributed by atoms with Gasteiger partial charge in [-0.2, -0.15) is 4.98 Å². The Morgan fingerprint density at radius 1 is 1.29 bits per heavy atom. The van der Waals surface area contributed by atoms with Gasteiger partial charge in [-0.3, -0.25) is 0 Å². The Morgan fingerprint density at radius 3 is 3.14 bits per heavy atom. The molecule has 21 heavy (non-hydrogen) atoms. The summed E-state index contributed by atoms with van der Waals surface area (Å²) < 4.78 is 5.63. The van der Waals surface area contributed by atoms with Gasteiger partial charge in [0.2, 0.25) is 5.89 Å². The molecule has 2 aliphatic carbocycles. The van der Waals surface area contributed by atoms with Crippen molar-refractivity contribution in [3.8, 4) is 0 Å². The van der Waals surface area contributed by atoms with Crippen LogP contribution < -0.4 is 5.32 Å². The summed E-state index contributed by atoms with van der Waals surface area (Å²) in [5.41, 5.74) is 1.33. The lowest BCUT2D eigenvalue weighted by Gasteiger charge is -2.21. The van der Waals surface area contributed by atoms with Crippen molar-refractivity contribution in [2.24, 2.45) is 11.8 Å². The van der Waals surface area contributed by atoms with Crippen LogP contribution in [0.1, 0.15) is 59.8 Å². The maximum absolute atomic E-state index is 5.63. The maximum atomic E-state index is 5.63. The Kier molecular flexibility index (Phi) is 2.73. The Hall–Kier alpha value is -1.20. The number of rotatable bonds is 2. The standard InChI is InChI=1S/C16H19N3OS/c1-2-10-7-9(1)8-12(10)15-18-16(20-19-15)14-11-4-6-21-13(11)3-5-17-14/h4,6,9-10,12,14,17H,1-3,5,7-8H2. The molecule has 0 amide bonds. The number of aromatic nitrogens is 2. The topological polar surface area (TPSA) is 51.0 Å². The van der Waals surface area contributed by atoms with Crippen LogP contribution in [-0.4, -0.2) is 16.7 Å². The number of nitrogens with zero attached hydrogens (tertiary/aromatic N) is 2. The summed E-state index contributed by atoms with van der Waals surface area (Å²) in [6.07, 6.45) is 6.52. The number of thiophene rings is 1. The lowest BCUT2D eigenvalue weighted by atomic mass is 9.88. The van der Waals surface area contributed by atoms with Crippen molar-refractivity contribution in [3.63, 3.8) is 0 Å². The molecule has 110 valence electrons. The molecule has 2 aromatic heterocycles. The van der Waals surface area contributed by atoms with Crippen molar-refractivity contribution in [2.45, 2.75) is 44.1 Å². The zero-order valence-electron chi connectivity index (χ0n) is 11.9. The lowest BCUT2D eigenvalue weighted by Crippen LogP contribution is -2.29. The second kappa shape index (κ2) is 4.65. The quantitative estimate of drug-likeness (QED) is 0.925. The number of hydrogen-bond acceptors (Lipinski definition) is 5. The minimum absolute atomic E-state index is 0.0971. The summed E-state index contributed by atoms with van der Waals surface area (Å²) >= 11 is 1.84. The molecule has 4 unspecified atom stereocenters. The molecule has 2 bridgehead atoms. The van der Waals surface area contributed by atoms with Crippen molar-refractivity contribution >= 4 is 11.3 Å². The first-order valence-corrected chi connectivity index (χ1v) is 8.89. The summed E-state index contributed by atoms with van der Waals surface area (Å²) in [5.74, 6) is 3.98. The van der Waals surface area contributed by atoms with Crippen LogP contribution in [0.3, 0.4) is 0 Å². The van der Waals surface area contributed by atoms with E-state index in [0.29, 0.717) is 5.92 Å². The van der Waals surface area contributed by atoms with Crippen molar-refractivity contribution in [3.05, 3.63) is 33.6 Å². The molecule has 5 rings (SSSR count). The van der Waals surface area contributed by atoms with Gasteiger partial charge in [-0.1, -0.05) is 11.6 Å². The molecular weight excluding hydrogens is 282 g/mol. The van der Waals surface area contributed by atoms with Crippen LogP contribution in [0, 0.1) is 11.8 Å². The van der Waals surface area contributed by atoms with E-state index in [0.717, 1.165) is 36.5 Å². The van der Waals surface area contributed by atoms with E-state index in [1.807, 2.05) is 11.3 Å². The van der Waals surface area contributed by atoms with Crippen molar-refractivity contribution in [1.82, 2.24) is 15.5 Å². The molecule has 4 atom stereocenters. The molecule has 1 N–H and O–H groups in total. The van der Waals surface area contributed by atoms with Crippen molar-refractivity contribution in [1.29, 1.82) is 0 Å². The van der Waals surface area contributed by atoms with Gasteiger partial charge < -0.3 is 9.84 Å². The number of fused-ring (bicyclic) bond motifs is 3. The first kappa shape index (κ1) is 12.4. The van der Waals surface area contributed by atoms with Crippen LogP contribution in [0.4, 0.5) is 0 Å². The third-order valence-corrected chi connectivity index (χ3v) is 6.56. The molecular formula is C16H19N3OS. The van der Waals surface area contributed by atoms with E-state index in [1.54, 1.807) is 0 Å². The summed E-state index contributed by atoms with van der Waals surface area (Å²) in [7, 11) is 0. The first-order chi connectivity index (χ1) is 10.4. The highest BCUT2D eigenvalue weighted by atomic mass is 32.1. The molecule has 5 heteroatoms. The van der Waals surface area contributed by atoms with E-state index >= 15 is 0 Å². The number of nitrogens with one attached hydrogen (secondary N) is 1. The molecule has 2 aromatic rings. The lowest BCUT2D eigenvalue weighted by molar-refractivity contribution is 0.331. The van der Waals surface area contributed by atoms with Crippen LogP contribution in [0.5, 0.6) is 0 Å². The van der Waals surface area contributed by atoms with Gasteiger partial charge in [0.25, 0.3) is 0 Å². The summed E-state index contributed by atoms with van der Waals surface area (Å²) in [6.45, 7) is 0.990. The fourth-order valence-electron chi connectivity index (χ4n) is 4.55. The average Bonchev–Trinajstić information content (AvgIpc) is 3.27. The maximum Gasteiger partial charge on any atom is 0.248 e. The highest BCUT2D eigenvalue weighted by Gasteiger charge is 2.42. The number of hydrogen-bond donors (Lipinski definition) is 1. The molecule has 2 fully saturated rings. The van der Waals surface area contributed by atoms with Gasteiger partial charge >= 0.3 is 0 Å². The van der Waals surface area contributed by atoms with Gasteiger partial charge in [0, 0.05) is 17.3 Å². The van der Waals surface area contributed by atoms with E-state index in [4.69, 9.17) is 9.51 Å². The summed E-state index contributed by atoms with van der Waals surface area (Å²) in [4.78, 5) is 6.23. The second-order valence-electron chi connectivity index (χ2n) is 6.71. The fraction of sp³-hybridized carbons (Fsp3) is 0.625. The molecule has 3 aliphatic rings. The molecule has 2 saturated carbocycles. The summed E-state index contributed by atoms with van der Waals surface area (Å²) in [6, 6.07) is 2.29. The van der Waals surface area contributed by atoms with Crippen LogP contribution >= 0.6 is 11.3 Å². The summed E-state index contributed by atoms with van der Waals surface area (Å²) in [5, 5.41) is 10.0. The predicted molar refractivity (Wildman–Crippen MR) is 80.4 cm³/mol. The second-order valence-corrected chi connectivity index (χ2v) is 7.71. The fourth-order valence-corrected chi connectivity index (χ4v) is 5.47. The Labute approximate surface area is 127 Å². The van der Waals surface area contributed by atoms with Crippen LogP contribution in [0.15, 0.2) is 16.0 Å². The van der Waals surface area contributed by atoms with E-state index in [-0.39, 0.29) is 6.04 Å². The predicted octanol–water partition coefficient (Wildman–Crippen LogP) is 3.27. The monoisotopic (exact) mass is 301 g/mol. The molecule has 0 saturated heterocycles. The largest absolute Gasteiger partial charge is 0.337 e. The normalized spacial score (nSPS) is 34.3. The Balaban J connectivity index is 1.45.